The minimum Gasteiger partial charge on any atom is -0.322 e. The van der Waals surface area contributed by atoms with Crippen molar-refractivity contribution in [2.24, 2.45) is 14.1 Å². The van der Waals surface area contributed by atoms with E-state index in [1.807, 2.05) is 60.7 Å². The quantitative estimate of drug-likeness (QED) is 0.566. The third kappa shape index (κ3) is 3.72. The zero-order valence-corrected chi connectivity index (χ0v) is 16.6. The molecule has 4 aromatic rings. The normalized spacial score (nSPS) is 11.0. The number of carbonyl (C=O) groups excluding carboxylic acids is 1. The maximum Gasteiger partial charge on any atom is 0.328 e. The van der Waals surface area contributed by atoms with Crippen molar-refractivity contribution in [2.75, 3.05) is 5.32 Å². The first kappa shape index (κ1) is 18.7. The van der Waals surface area contributed by atoms with Gasteiger partial charge in [-0.05, 0) is 48.2 Å². The Morgan fingerprint density at radius 3 is 2.31 bits per heavy atom. The molecule has 0 atom stereocenters. The van der Waals surface area contributed by atoms with Crippen LogP contribution < -0.4 is 11.0 Å². The average Bonchev–Trinajstić information content (AvgIpc) is 2.97. The number of benzene rings is 3. The molecule has 0 aliphatic heterocycles. The van der Waals surface area contributed by atoms with Crippen molar-refractivity contribution in [2.45, 2.75) is 12.8 Å². The first-order valence-electron chi connectivity index (χ1n) is 9.63. The number of anilines is 1. The van der Waals surface area contributed by atoms with E-state index in [1.54, 1.807) is 23.2 Å². The Balaban J connectivity index is 1.57. The molecular weight excluding hydrogens is 362 g/mol. The van der Waals surface area contributed by atoms with E-state index in [9.17, 15) is 9.59 Å². The van der Waals surface area contributed by atoms with Crippen molar-refractivity contribution in [3.63, 3.8) is 0 Å². The Labute approximate surface area is 169 Å². The fourth-order valence-electron chi connectivity index (χ4n) is 3.67. The molecule has 0 aliphatic rings. The second-order valence-electron chi connectivity index (χ2n) is 7.20. The van der Waals surface area contributed by atoms with Gasteiger partial charge in [-0.1, -0.05) is 48.5 Å². The third-order valence-electron chi connectivity index (χ3n) is 5.32. The number of aromatic nitrogens is 2. The maximum absolute atomic E-state index is 13.0. The summed E-state index contributed by atoms with van der Waals surface area (Å²) >= 11 is 0. The Morgan fingerprint density at radius 1 is 0.828 bits per heavy atom. The lowest BCUT2D eigenvalue weighted by Gasteiger charge is -2.11. The topological polar surface area (TPSA) is 56.0 Å². The van der Waals surface area contributed by atoms with Crippen LogP contribution in [0.25, 0.3) is 11.0 Å². The number of imidazole rings is 1. The molecule has 1 aromatic heterocycles. The van der Waals surface area contributed by atoms with Crippen LogP contribution in [-0.2, 0) is 26.9 Å². The van der Waals surface area contributed by atoms with E-state index in [0.717, 1.165) is 29.4 Å². The predicted molar refractivity (Wildman–Crippen MR) is 116 cm³/mol. The summed E-state index contributed by atoms with van der Waals surface area (Å²) in [5.41, 5.74) is 5.13. The highest BCUT2D eigenvalue weighted by Crippen LogP contribution is 2.20. The average molecular weight is 385 g/mol. The summed E-state index contributed by atoms with van der Waals surface area (Å²) in [5, 5.41) is 2.98. The molecule has 1 heterocycles. The molecule has 0 radical (unpaired) electrons. The van der Waals surface area contributed by atoms with Crippen LogP contribution in [0, 0.1) is 0 Å². The minimum atomic E-state index is -0.144. The van der Waals surface area contributed by atoms with E-state index >= 15 is 0 Å². The number of nitrogens with zero attached hydrogens (tertiary/aromatic N) is 2. The molecular formula is C24H23N3O2. The van der Waals surface area contributed by atoms with Gasteiger partial charge >= 0.3 is 5.69 Å². The summed E-state index contributed by atoms with van der Waals surface area (Å²) in [6, 6.07) is 23.5. The van der Waals surface area contributed by atoms with Crippen LogP contribution in [0.5, 0.6) is 0 Å². The first-order chi connectivity index (χ1) is 14.0. The van der Waals surface area contributed by atoms with E-state index in [-0.39, 0.29) is 11.6 Å². The molecule has 29 heavy (non-hydrogen) atoms. The van der Waals surface area contributed by atoms with Gasteiger partial charge in [-0.15, -0.1) is 0 Å². The van der Waals surface area contributed by atoms with E-state index < -0.39 is 0 Å². The van der Waals surface area contributed by atoms with Gasteiger partial charge < -0.3 is 5.32 Å². The van der Waals surface area contributed by atoms with Gasteiger partial charge in [-0.2, -0.15) is 0 Å². The van der Waals surface area contributed by atoms with E-state index in [1.165, 1.54) is 5.56 Å². The van der Waals surface area contributed by atoms with Crippen LogP contribution in [0.3, 0.4) is 0 Å². The number of hydrogen-bond acceptors (Lipinski definition) is 2. The molecule has 1 N–H and O–H groups in total. The highest BCUT2D eigenvalue weighted by molar-refractivity contribution is 6.06. The lowest BCUT2D eigenvalue weighted by atomic mass is 9.99. The van der Waals surface area contributed by atoms with Gasteiger partial charge in [0.1, 0.15) is 0 Å². The monoisotopic (exact) mass is 385 g/mol. The maximum atomic E-state index is 13.0. The molecule has 0 saturated heterocycles. The Bertz CT molecular complexity index is 1240. The fourth-order valence-corrected chi connectivity index (χ4v) is 3.67. The van der Waals surface area contributed by atoms with Gasteiger partial charge in [0.2, 0.25) is 0 Å². The Kier molecular flexibility index (Phi) is 5.04. The number of carbonyl (C=O) groups is 1. The minimum absolute atomic E-state index is 0.0882. The van der Waals surface area contributed by atoms with Crippen LogP contribution in [0.15, 0.2) is 77.6 Å². The van der Waals surface area contributed by atoms with Crippen molar-refractivity contribution in [3.8, 4) is 0 Å². The molecule has 1 amide bonds. The lowest BCUT2D eigenvalue weighted by Crippen LogP contribution is -2.19. The van der Waals surface area contributed by atoms with Crippen molar-refractivity contribution in [3.05, 3.63) is 100.0 Å². The summed E-state index contributed by atoms with van der Waals surface area (Å²) < 4.78 is 3.18. The molecule has 5 heteroatoms. The zero-order chi connectivity index (χ0) is 20.4. The van der Waals surface area contributed by atoms with Crippen molar-refractivity contribution in [1.82, 2.24) is 9.13 Å². The van der Waals surface area contributed by atoms with E-state index in [2.05, 4.69) is 17.4 Å². The van der Waals surface area contributed by atoms with E-state index in [0.29, 0.717) is 11.3 Å². The number of amides is 1. The molecule has 0 saturated carbocycles. The summed E-state index contributed by atoms with van der Waals surface area (Å²) in [6.45, 7) is 0. The predicted octanol–water partition coefficient (Wildman–Crippen LogP) is 3.91. The lowest BCUT2D eigenvalue weighted by molar-refractivity contribution is 0.102. The SMILES string of the molecule is Cn1c(=O)n(C)c2cc(NC(=O)c3ccccc3CCc3ccccc3)ccc21. The van der Waals surface area contributed by atoms with Crippen LogP contribution in [0.2, 0.25) is 0 Å². The van der Waals surface area contributed by atoms with E-state index in [4.69, 9.17) is 0 Å². The van der Waals surface area contributed by atoms with Crippen LogP contribution in [0.1, 0.15) is 21.5 Å². The standard InChI is InChI=1S/C24H23N3O2/c1-26-21-15-14-19(16-22(21)27(2)24(26)29)25-23(28)20-11-7-6-10-18(20)13-12-17-8-4-3-5-9-17/h3-11,14-16H,12-13H2,1-2H3,(H,25,28). The number of nitrogens with one attached hydrogen (secondary N) is 1. The molecule has 0 spiro atoms. The third-order valence-corrected chi connectivity index (χ3v) is 5.32. The number of aryl methyl sites for hydroxylation is 4. The van der Waals surface area contributed by atoms with Crippen molar-refractivity contribution in [1.29, 1.82) is 0 Å². The molecule has 146 valence electrons. The summed E-state index contributed by atoms with van der Waals surface area (Å²) in [7, 11) is 3.47. The fraction of sp³-hybridized carbons (Fsp3) is 0.167. The Hall–Kier alpha value is -3.60. The van der Waals surface area contributed by atoms with Crippen LogP contribution in [-0.4, -0.2) is 15.0 Å². The highest BCUT2D eigenvalue weighted by Gasteiger charge is 2.13. The highest BCUT2D eigenvalue weighted by atomic mass is 16.2. The second kappa shape index (κ2) is 7.80. The molecule has 0 bridgehead atoms. The van der Waals surface area contributed by atoms with Gasteiger partial charge in [0.25, 0.3) is 5.91 Å². The molecule has 5 nitrogen and oxygen atoms in total. The van der Waals surface area contributed by atoms with Gasteiger partial charge in [0.05, 0.1) is 11.0 Å². The van der Waals surface area contributed by atoms with Crippen LogP contribution >= 0.6 is 0 Å². The largest absolute Gasteiger partial charge is 0.328 e. The van der Waals surface area contributed by atoms with Crippen molar-refractivity contribution >= 4 is 22.6 Å². The number of hydrogen-bond donors (Lipinski definition) is 1. The van der Waals surface area contributed by atoms with Crippen LogP contribution in [0.4, 0.5) is 5.69 Å². The van der Waals surface area contributed by atoms with Gasteiger partial charge in [-0.25, -0.2) is 4.79 Å². The number of rotatable bonds is 5. The van der Waals surface area contributed by atoms with Gasteiger partial charge in [-0.3, -0.25) is 13.9 Å². The molecule has 3 aromatic carbocycles. The Morgan fingerprint density at radius 2 is 1.52 bits per heavy atom. The summed E-state index contributed by atoms with van der Waals surface area (Å²) in [6.07, 6.45) is 1.67. The molecule has 0 aliphatic carbocycles. The smallest absolute Gasteiger partial charge is 0.322 e. The molecule has 0 fully saturated rings. The number of fused-ring (bicyclic) bond motifs is 1. The summed E-state index contributed by atoms with van der Waals surface area (Å²) in [4.78, 5) is 25.1. The van der Waals surface area contributed by atoms with Crippen molar-refractivity contribution < 1.29 is 4.79 Å². The second-order valence-corrected chi connectivity index (χ2v) is 7.20. The first-order valence-corrected chi connectivity index (χ1v) is 9.63. The summed E-state index contributed by atoms with van der Waals surface area (Å²) in [5.74, 6) is -0.144. The zero-order valence-electron chi connectivity index (χ0n) is 16.6. The van der Waals surface area contributed by atoms with Gasteiger partial charge in [0, 0.05) is 25.3 Å². The van der Waals surface area contributed by atoms with Gasteiger partial charge in [0.15, 0.2) is 0 Å². The molecule has 0 unspecified atom stereocenters. The molecule has 4 rings (SSSR count).